The van der Waals surface area contributed by atoms with E-state index in [1.165, 1.54) is 12.8 Å². The number of carbonyl (C=O) groups excluding carboxylic acids is 1. The Morgan fingerprint density at radius 3 is 2.68 bits per heavy atom. The van der Waals surface area contributed by atoms with Crippen LogP contribution in [0, 0.1) is 5.92 Å². The number of rotatable bonds is 5. The van der Waals surface area contributed by atoms with Crippen molar-refractivity contribution in [2.75, 3.05) is 30.0 Å². The molecule has 0 aromatic carbocycles. The van der Waals surface area contributed by atoms with Crippen LogP contribution in [-0.2, 0) is 9.47 Å². The van der Waals surface area contributed by atoms with Gasteiger partial charge in [-0.1, -0.05) is 12.8 Å². The molecule has 3 heterocycles. The fraction of sp³-hybridized carbons (Fsp3) is 0.682. The summed E-state index contributed by atoms with van der Waals surface area (Å²) in [5, 5.41) is 8.05. The first-order valence-electron chi connectivity index (χ1n) is 11.2. The molecule has 170 valence electrons. The van der Waals surface area contributed by atoms with Crippen LogP contribution in [0.3, 0.4) is 0 Å². The van der Waals surface area contributed by atoms with Crippen molar-refractivity contribution in [1.29, 1.82) is 0 Å². The maximum absolute atomic E-state index is 13.3. The molecule has 8 nitrogen and oxygen atoms in total. The zero-order valence-electron chi connectivity index (χ0n) is 18.6. The molecule has 2 aromatic heterocycles. The first kappa shape index (κ1) is 22.3. The van der Waals surface area contributed by atoms with Crippen molar-refractivity contribution in [3.63, 3.8) is 0 Å². The van der Waals surface area contributed by atoms with Crippen molar-refractivity contribution in [2.24, 2.45) is 5.92 Å². The number of amides is 1. The van der Waals surface area contributed by atoms with Gasteiger partial charge in [-0.15, -0.1) is 0 Å². The summed E-state index contributed by atoms with van der Waals surface area (Å²) in [6.45, 7) is 7.66. The Kier molecular flexibility index (Phi) is 6.71. The fourth-order valence-corrected chi connectivity index (χ4v) is 4.58. The lowest BCUT2D eigenvalue weighted by atomic mass is 10.00. The normalized spacial score (nSPS) is 18.5. The van der Waals surface area contributed by atoms with Gasteiger partial charge >= 0.3 is 6.09 Å². The lowest BCUT2D eigenvalue weighted by Crippen LogP contribution is -2.42. The number of nitrogens with zero attached hydrogens (tertiary/aromatic N) is 4. The molecule has 1 aliphatic carbocycles. The molecule has 1 N–H and O–H groups in total. The van der Waals surface area contributed by atoms with E-state index in [2.05, 4.69) is 26.3 Å². The number of nitrogens with one attached hydrogen (secondary N) is 1. The summed E-state index contributed by atoms with van der Waals surface area (Å²) in [6, 6.07) is 2.34. The van der Waals surface area contributed by atoms with E-state index in [1.807, 2.05) is 26.8 Å². The summed E-state index contributed by atoms with van der Waals surface area (Å²) in [5.74, 6) is 1.77. The van der Waals surface area contributed by atoms with E-state index < -0.39 is 5.60 Å². The Morgan fingerprint density at radius 2 is 2.00 bits per heavy atom. The number of hydrogen-bond acceptors (Lipinski definition) is 6. The molecule has 0 unspecified atom stereocenters. The first-order chi connectivity index (χ1) is 14.8. The molecular weight excluding hydrogens is 462 g/mol. The van der Waals surface area contributed by atoms with Gasteiger partial charge in [-0.2, -0.15) is 9.61 Å². The average molecular weight is 494 g/mol. The first-order valence-corrected chi connectivity index (χ1v) is 12.0. The number of halogens is 1. The Hall–Kier alpha value is -1.87. The standard InChI is InChI=1S/C22H32BrN5O3/c1-22(2,3)31-21(29)27(14-15-8-10-30-11-9-15)19-12-18(25-16-6-4-5-7-16)26-20-17(23)13-24-28(19)20/h12-13,15-16H,4-11,14H2,1-3H3,(H,25,26). The van der Waals surface area contributed by atoms with Crippen LogP contribution < -0.4 is 10.2 Å². The van der Waals surface area contributed by atoms with E-state index in [0.717, 1.165) is 49.2 Å². The van der Waals surface area contributed by atoms with E-state index in [9.17, 15) is 4.79 Å². The van der Waals surface area contributed by atoms with Crippen molar-refractivity contribution in [1.82, 2.24) is 14.6 Å². The quantitative estimate of drug-likeness (QED) is 0.629. The van der Waals surface area contributed by atoms with Crippen LogP contribution in [0.15, 0.2) is 16.7 Å². The molecule has 4 rings (SSSR count). The van der Waals surface area contributed by atoms with Gasteiger partial charge in [0.15, 0.2) is 5.65 Å². The molecule has 1 saturated carbocycles. The lowest BCUT2D eigenvalue weighted by Gasteiger charge is -2.32. The van der Waals surface area contributed by atoms with Crippen molar-refractivity contribution in [3.05, 3.63) is 16.7 Å². The molecule has 31 heavy (non-hydrogen) atoms. The zero-order chi connectivity index (χ0) is 22.0. The largest absolute Gasteiger partial charge is 0.443 e. The van der Waals surface area contributed by atoms with Gasteiger partial charge in [0.05, 0.1) is 10.7 Å². The van der Waals surface area contributed by atoms with Crippen LogP contribution in [-0.4, -0.2) is 52.1 Å². The van der Waals surface area contributed by atoms with Crippen LogP contribution in [0.25, 0.3) is 5.65 Å². The second-order valence-electron chi connectivity index (χ2n) is 9.50. The topological polar surface area (TPSA) is 81.0 Å². The van der Waals surface area contributed by atoms with Gasteiger partial charge in [-0.25, -0.2) is 9.78 Å². The molecular formula is C22H32BrN5O3. The van der Waals surface area contributed by atoms with E-state index in [4.69, 9.17) is 14.5 Å². The lowest BCUT2D eigenvalue weighted by molar-refractivity contribution is 0.0512. The third-order valence-corrected chi connectivity index (χ3v) is 6.35. The van der Waals surface area contributed by atoms with Crippen LogP contribution in [0.4, 0.5) is 16.4 Å². The SMILES string of the molecule is CC(C)(C)OC(=O)N(CC1CCOCC1)c1cc(NC2CCCC2)nc2c(Br)cnn12. The van der Waals surface area contributed by atoms with Crippen LogP contribution >= 0.6 is 15.9 Å². The highest BCUT2D eigenvalue weighted by Gasteiger charge is 2.30. The van der Waals surface area contributed by atoms with Crippen LogP contribution in [0.5, 0.6) is 0 Å². The Balaban J connectivity index is 1.72. The molecule has 2 aromatic rings. The molecule has 0 atom stereocenters. The molecule has 9 heteroatoms. The number of hydrogen-bond donors (Lipinski definition) is 1. The predicted octanol–water partition coefficient (Wildman–Crippen LogP) is 5.01. The van der Waals surface area contributed by atoms with Gasteiger partial charge < -0.3 is 14.8 Å². The number of fused-ring (bicyclic) bond motifs is 1. The minimum absolute atomic E-state index is 0.342. The molecule has 1 saturated heterocycles. The minimum Gasteiger partial charge on any atom is -0.443 e. The number of carbonyl (C=O) groups is 1. The summed E-state index contributed by atoms with van der Waals surface area (Å²) < 4.78 is 13.8. The van der Waals surface area contributed by atoms with E-state index in [-0.39, 0.29) is 6.09 Å². The van der Waals surface area contributed by atoms with Crippen molar-refractivity contribution in [3.8, 4) is 0 Å². The summed E-state index contributed by atoms with van der Waals surface area (Å²) in [7, 11) is 0. The summed E-state index contributed by atoms with van der Waals surface area (Å²) in [4.78, 5) is 19.8. The second kappa shape index (κ2) is 9.32. The van der Waals surface area contributed by atoms with Gasteiger partial charge in [0, 0.05) is 31.9 Å². The van der Waals surface area contributed by atoms with Crippen molar-refractivity contribution in [2.45, 2.75) is 70.9 Å². The van der Waals surface area contributed by atoms with Gasteiger partial charge in [0.1, 0.15) is 17.2 Å². The molecule has 1 amide bonds. The van der Waals surface area contributed by atoms with Crippen molar-refractivity contribution < 1.29 is 14.3 Å². The van der Waals surface area contributed by atoms with E-state index >= 15 is 0 Å². The molecule has 2 aliphatic rings. The number of ether oxygens (including phenoxy) is 2. The van der Waals surface area contributed by atoms with Crippen molar-refractivity contribution >= 4 is 39.3 Å². The average Bonchev–Trinajstić information content (AvgIpc) is 3.35. The summed E-state index contributed by atoms with van der Waals surface area (Å²) >= 11 is 3.56. The molecule has 2 fully saturated rings. The van der Waals surface area contributed by atoms with E-state index in [1.54, 1.807) is 15.6 Å². The zero-order valence-corrected chi connectivity index (χ0v) is 20.2. The van der Waals surface area contributed by atoms with Crippen LogP contribution in [0.2, 0.25) is 0 Å². The van der Waals surface area contributed by atoms with Crippen LogP contribution in [0.1, 0.15) is 59.3 Å². The minimum atomic E-state index is -0.590. The van der Waals surface area contributed by atoms with Gasteiger partial charge in [-0.05, 0) is 68.3 Å². The number of anilines is 2. The molecule has 1 aliphatic heterocycles. The predicted molar refractivity (Wildman–Crippen MR) is 124 cm³/mol. The van der Waals surface area contributed by atoms with Gasteiger partial charge in [-0.3, -0.25) is 4.90 Å². The highest BCUT2D eigenvalue weighted by molar-refractivity contribution is 9.10. The Labute approximate surface area is 191 Å². The third kappa shape index (κ3) is 5.49. The Bertz CT molecular complexity index is 914. The number of aromatic nitrogens is 3. The Morgan fingerprint density at radius 1 is 1.29 bits per heavy atom. The maximum atomic E-state index is 13.3. The monoisotopic (exact) mass is 493 g/mol. The maximum Gasteiger partial charge on any atom is 0.416 e. The highest BCUT2D eigenvalue weighted by atomic mass is 79.9. The van der Waals surface area contributed by atoms with E-state index in [0.29, 0.717) is 30.0 Å². The second-order valence-corrected chi connectivity index (χ2v) is 10.4. The summed E-state index contributed by atoms with van der Waals surface area (Å²) in [6.07, 6.45) is 7.93. The molecule has 0 spiro atoms. The fourth-order valence-electron chi connectivity index (χ4n) is 4.23. The smallest absolute Gasteiger partial charge is 0.416 e. The van der Waals surface area contributed by atoms with Gasteiger partial charge in [0.2, 0.25) is 0 Å². The molecule has 0 radical (unpaired) electrons. The van der Waals surface area contributed by atoms with Gasteiger partial charge in [0.25, 0.3) is 0 Å². The highest BCUT2D eigenvalue weighted by Crippen LogP contribution is 2.30. The summed E-state index contributed by atoms with van der Waals surface area (Å²) in [5.41, 5.74) is 0.0887. The third-order valence-electron chi connectivity index (χ3n) is 5.79. The molecule has 0 bridgehead atoms.